The minimum absolute atomic E-state index is 0.0832. The van der Waals surface area contributed by atoms with Crippen LogP contribution in [0, 0.1) is 6.92 Å². The number of carbonyl (C=O) groups excluding carboxylic acids is 1. The second-order valence-corrected chi connectivity index (χ2v) is 4.90. The lowest BCUT2D eigenvalue weighted by atomic mass is 10.0. The van der Waals surface area contributed by atoms with Gasteiger partial charge in [-0.3, -0.25) is 0 Å². The Kier molecular flexibility index (Phi) is 5.23. The van der Waals surface area contributed by atoms with E-state index in [0.29, 0.717) is 30.2 Å². The largest absolute Gasteiger partial charge is 0.462 e. The molecule has 1 heterocycles. The number of aromatic nitrogens is 2. The van der Waals surface area contributed by atoms with Crippen molar-refractivity contribution in [3.8, 4) is 0 Å². The number of hydrogen-bond acceptors (Lipinski definition) is 6. The van der Waals surface area contributed by atoms with Crippen LogP contribution in [0.2, 0.25) is 0 Å². The van der Waals surface area contributed by atoms with Crippen molar-refractivity contribution in [1.82, 2.24) is 9.97 Å². The van der Waals surface area contributed by atoms with Crippen molar-refractivity contribution in [1.29, 1.82) is 0 Å². The summed E-state index contributed by atoms with van der Waals surface area (Å²) in [5, 5.41) is 12.1. The summed E-state index contributed by atoms with van der Waals surface area (Å²) in [4.78, 5) is 20.0. The molecule has 2 N–H and O–H groups in total. The molecule has 6 heteroatoms. The Morgan fingerprint density at radius 3 is 2.74 bits per heavy atom. The second-order valence-electron chi connectivity index (χ2n) is 4.90. The number of aliphatic hydroxyl groups is 1. The van der Waals surface area contributed by atoms with Crippen LogP contribution in [0.1, 0.15) is 43.2 Å². The van der Waals surface area contributed by atoms with Gasteiger partial charge in [0, 0.05) is 18.3 Å². The number of nitrogens with zero attached hydrogens (tertiary/aromatic N) is 2. The molecule has 1 rings (SSSR count). The molecule has 0 amide bonds. The van der Waals surface area contributed by atoms with Crippen LogP contribution in [-0.2, 0) is 4.74 Å². The van der Waals surface area contributed by atoms with E-state index in [1.165, 1.54) is 6.20 Å². The summed E-state index contributed by atoms with van der Waals surface area (Å²) >= 11 is 0. The maximum absolute atomic E-state index is 11.6. The van der Waals surface area contributed by atoms with Gasteiger partial charge in [0.15, 0.2) is 0 Å². The van der Waals surface area contributed by atoms with E-state index < -0.39 is 5.97 Å². The van der Waals surface area contributed by atoms with Crippen molar-refractivity contribution in [2.45, 2.75) is 39.7 Å². The molecule has 0 unspecified atom stereocenters. The molecular weight excluding hydrogens is 246 g/mol. The Labute approximate surface area is 113 Å². The molecule has 0 radical (unpaired) electrons. The Morgan fingerprint density at radius 2 is 2.21 bits per heavy atom. The molecule has 0 aliphatic rings. The summed E-state index contributed by atoms with van der Waals surface area (Å²) in [5.74, 6) is 0.0187. The fourth-order valence-electron chi connectivity index (χ4n) is 1.58. The zero-order valence-electron chi connectivity index (χ0n) is 11.9. The fraction of sp³-hybridized carbons (Fsp3) is 0.615. The Bertz CT molecular complexity index is 447. The van der Waals surface area contributed by atoms with Crippen LogP contribution in [-0.4, -0.2) is 39.8 Å². The van der Waals surface area contributed by atoms with Gasteiger partial charge >= 0.3 is 5.97 Å². The number of rotatable bonds is 6. The van der Waals surface area contributed by atoms with Gasteiger partial charge in [-0.05, 0) is 34.1 Å². The third kappa shape index (κ3) is 4.48. The number of ether oxygens (including phenoxy) is 1. The summed E-state index contributed by atoms with van der Waals surface area (Å²) < 4.78 is 4.92. The van der Waals surface area contributed by atoms with Crippen LogP contribution >= 0.6 is 0 Å². The normalized spacial score (nSPS) is 11.2. The average molecular weight is 267 g/mol. The van der Waals surface area contributed by atoms with Crippen molar-refractivity contribution in [2.24, 2.45) is 0 Å². The maximum Gasteiger partial charge on any atom is 0.341 e. The molecule has 106 valence electrons. The van der Waals surface area contributed by atoms with Gasteiger partial charge in [0.1, 0.15) is 0 Å². The van der Waals surface area contributed by atoms with Crippen LogP contribution in [0.25, 0.3) is 0 Å². The number of esters is 1. The molecule has 0 aliphatic heterocycles. The van der Waals surface area contributed by atoms with Gasteiger partial charge in [-0.15, -0.1) is 0 Å². The smallest absolute Gasteiger partial charge is 0.341 e. The third-order valence-corrected chi connectivity index (χ3v) is 2.66. The molecule has 0 saturated carbocycles. The lowest BCUT2D eigenvalue weighted by molar-refractivity contribution is 0.0524. The van der Waals surface area contributed by atoms with E-state index in [1.807, 2.05) is 13.8 Å². The minimum atomic E-state index is -0.416. The van der Waals surface area contributed by atoms with Gasteiger partial charge in [0.05, 0.1) is 17.9 Å². The Balaban J connectivity index is 2.85. The van der Waals surface area contributed by atoms with Crippen molar-refractivity contribution in [2.75, 3.05) is 18.5 Å². The molecule has 0 aromatic carbocycles. The number of nitrogens with one attached hydrogen (secondary N) is 1. The van der Waals surface area contributed by atoms with E-state index in [-0.39, 0.29) is 12.1 Å². The number of anilines is 1. The summed E-state index contributed by atoms with van der Waals surface area (Å²) in [6.45, 7) is 7.78. The van der Waals surface area contributed by atoms with E-state index in [1.54, 1.807) is 13.8 Å². The molecule has 0 saturated heterocycles. The second kappa shape index (κ2) is 6.47. The molecule has 0 spiro atoms. The fourth-order valence-corrected chi connectivity index (χ4v) is 1.58. The maximum atomic E-state index is 11.6. The molecule has 1 aromatic rings. The zero-order chi connectivity index (χ0) is 14.5. The highest BCUT2D eigenvalue weighted by atomic mass is 16.5. The number of carbonyl (C=O) groups is 1. The van der Waals surface area contributed by atoms with Crippen LogP contribution < -0.4 is 5.32 Å². The summed E-state index contributed by atoms with van der Waals surface area (Å²) in [6, 6.07) is 0. The molecule has 1 aromatic heterocycles. The van der Waals surface area contributed by atoms with Crippen molar-refractivity contribution < 1.29 is 14.6 Å². The molecule has 6 nitrogen and oxygen atoms in total. The highest BCUT2D eigenvalue weighted by molar-refractivity contribution is 5.90. The summed E-state index contributed by atoms with van der Waals surface area (Å²) in [6.07, 6.45) is 2.03. The first-order chi connectivity index (χ1) is 8.89. The number of aliphatic hydroxyl groups excluding tert-OH is 1. The van der Waals surface area contributed by atoms with Gasteiger partial charge in [0.25, 0.3) is 0 Å². The molecular formula is C13H21N3O3. The molecule has 0 aliphatic carbocycles. The van der Waals surface area contributed by atoms with Gasteiger partial charge < -0.3 is 15.2 Å². The first kappa shape index (κ1) is 15.4. The molecule has 0 atom stereocenters. The quantitative estimate of drug-likeness (QED) is 0.760. The third-order valence-electron chi connectivity index (χ3n) is 2.66. The Morgan fingerprint density at radius 1 is 1.53 bits per heavy atom. The van der Waals surface area contributed by atoms with Gasteiger partial charge in [-0.25, -0.2) is 14.8 Å². The van der Waals surface area contributed by atoms with E-state index in [0.717, 1.165) is 0 Å². The SMILES string of the molecule is CCOC(=O)c1cnc(NC(C)(C)CCO)nc1C. The number of hydrogen-bond donors (Lipinski definition) is 2. The molecule has 0 bridgehead atoms. The lowest BCUT2D eigenvalue weighted by Gasteiger charge is -2.25. The van der Waals surface area contributed by atoms with Crippen molar-refractivity contribution in [3.63, 3.8) is 0 Å². The zero-order valence-corrected chi connectivity index (χ0v) is 11.9. The van der Waals surface area contributed by atoms with Crippen LogP contribution in [0.15, 0.2) is 6.20 Å². The summed E-state index contributed by atoms with van der Waals surface area (Å²) in [7, 11) is 0. The topological polar surface area (TPSA) is 84.3 Å². The predicted octanol–water partition coefficient (Wildman–Crippen LogP) is 1.53. The van der Waals surface area contributed by atoms with E-state index >= 15 is 0 Å². The van der Waals surface area contributed by atoms with E-state index in [9.17, 15) is 4.79 Å². The predicted molar refractivity (Wildman–Crippen MR) is 72.1 cm³/mol. The lowest BCUT2D eigenvalue weighted by Crippen LogP contribution is -2.33. The van der Waals surface area contributed by atoms with Gasteiger partial charge in [-0.1, -0.05) is 0 Å². The van der Waals surface area contributed by atoms with E-state index in [2.05, 4.69) is 15.3 Å². The summed E-state index contributed by atoms with van der Waals surface area (Å²) in [5.41, 5.74) is 0.621. The first-order valence-corrected chi connectivity index (χ1v) is 6.29. The first-order valence-electron chi connectivity index (χ1n) is 6.29. The van der Waals surface area contributed by atoms with Crippen LogP contribution in [0.3, 0.4) is 0 Å². The van der Waals surface area contributed by atoms with Gasteiger partial charge in [0.2, 0.25) is 5.95 Å². The van der Waals surface area contributed by atoms with E-state index in [4.69, 9.17) is 9.84 Å². The average Bonchev–Trinajstić information content (AvgIpc) is 2.28. The highest BCUT2D eigenvalue weighted by Crippen LogP contribution is 2.16. The van der Waals surface area contributed by atoms with Gasteiger partial charge in [-0.2, -0.15) is 0 Å². The highest BCUT2D eigenvalue weighted by Gasteiger charge is 2.19. The molecule has 0 fully saturated rings. The minimum Gasteiger partial charge on any atom is -0.462 e. The van der Waals surface area contributed by atoms with Crippen molar-refractivity contribution >= 4 is 11.9 Å². The number of aryl methyl sites for hydroxylation is 1. The van der Waals surface area contributed by atoms with Crippen LogP contribution in [0.4, 0.5) is 5.95 Å². The molecule has 19 heavy (non-hydrogen) atoms. The monoisotopic (exact) mass is 267 g/mol. The van der Waals surface area contributed by atoms with Crippen LogP contribution in [0.5, 0.6) is 0 Å². The standard InChI is InChI=1S/C13H21N3O3/c1-5-19-11(18)10-8-14-12(15-9(10)2)16-13(3,4)6-7-17/h8,17H,5-7H2,1-4H3,(H,14,15,16). The van der Waals surface area contributed by atoms with Crippen molar-refractivity contribution in [3.05, 3.63) is 17.5 Å². The Hall–Kier alpha value is -1.69.